The number of aryl methyl sites for hydroxylation is 2. The summed E-state index contributed by atoms with van der Waals surface area (Å²) in [7, 11) is 1.75. The molecule has 0 saturated carbocycles. The number of nitrogens with zero attached hydrogens (tertiary/aromatic N) is 2. The van der Waals surface area contributed by atoms with E-state index in [1.54, 1.807) is 69.0 Å². The van der Waals surface area contributed by atoms with Crippen molar-refractivity contribution in [1.82, 2.24) is 14.5 Å². The van der Waals surface area contributed by atoms with E-state index < -0.39 is 5.97 Å². The van der Waals surface area contributed by atoms with Crippen LogP contribution in [0.2, 0.25) is 0 Å². The maximum absolute atomic E-state index is 12.7. The minimum Gasteiger partial charge on any atom is -0.462 e. The quantitative estimate of drug-likeness (QED) is 0.494. The number of rotatable bonds is 6. The largest absolute Gasteiger partial charge is 0.462 e. The molecule has 0 bridgehead atoms. The number of hydrogen-bond acceptors (Lipinski definition) is 5. The van der Waals surface area contributed by atoms with E-state index in [-0.39, 0.29) is 18.3 Å². The third-order valence-electron chi connectivity index (χ3n) is 4.57. The second-order valence-electron chi connectivity index (χ2n) is 6.57. The van der Waals surface area contributed by atoms with E-state index >= 15 is 0 Å². The molecule has 3 rings (SSSR count). The topological polar surface area (TPSA) is 106 Å². The molecule has 8 nitrogen and oxygen atoms in total. The number of hydrogen-bond donors (Lipinski definition) is 2. The van der Waals surface area contributed by atoms with Crippen molar-refractivity contribution in [3.63, 3.8) is 0 Å². The summed E-state index contributed by atoms with van der Waals surface area (Å²) >= 11 is 0. The Morgan fingerprint density at radius 3 is 2.45 bits per heavy atom. The fourth-order valence-corrected chi connectivity index (χ4v) is 3.10. The molecular formula is C21H22N4O4. The molecule has 2 N–H and O–H groups in total. The number of carbonyl (C=O) groups is 3. The van der Waals surface area contributed by atoms with Gasteiger partial charge >= 0.3 is 5.97 Å². The van der Waals surface area contributed by atoms with Gasteiger partial charge in [-0.05, 0) is 50.6 Å². The number of anilines is 1. The van der Waals surface area contributed by atoms with E-state index in [0.717, 1.165) is 0 Å². The van der Waals surface area contributed by atoms with Crippen LogP contribution in [0.4, 0.5) is 5.69 Å². The summed E-state index contributed by atoms with van der Waals surface area (Å²) in [4.78, 5) is 44.2. The Labute approximate surface area is 167 Å². The van der Waals surface area contributed by atoms with Gasteiger partial charge in [-0.25, -0.2) is 9.78 Å². The minimum atomic E-state index is -0.463. The standard InChI is InChI=1S/C21H22N4O4/c1-5-29-21(28)16-12(2)17(23-13(16)3)20(27)24-15-8-6-14(7-9-15)18(26)19-22-10-11-25(19)4/h6-11,23H,5H2,1-4H3,(H,24,27). The SMILES string of the molecule is CCOC(=O)c1c(C)[nH]c(C(=O)Nc2ccc(C(=O)c3nccn3C)cc2)c1C. The second kappa shape index (κ2) is 8.14. The Kier molecular flexibility index (Phi) is 5.63. The summed E-state index contributed by atoms with van der Waals surface area (Å²) in [6.07, 6.45) is 3.26. The summed E-state index contributed by atoms with van der Waals surface area (Å²) in [5.41, 5.74) is 2.75. The zero-order valence-electron chi connectivity index (χ0n) is 16.7. The van der Waals surface area contributed by atoms with Gasteiger partial charge in [-0.15, -0.1) is 0 Å². The summed E-state index contributed by atoms with van der Waals surface area (Å²) in [5.74, 6) is -0.713. The highest BCUT2D eigenvalue weighted by molar-refractivity contribution is 6.08. The Morgan fingerprint density at radius 2 is 1.86 bits per heavy atom. The van der Waals surface area contributed by atoms with E-state index in [2.05, 4.69) is 15.3 Å². The first-order valence-electron chi connectivity index (χ1n) is 9.13. The van der Waals surface area contributed by atoms with Crippen molar-refractivity contribution in [2.45, 2.75) is 20.8 Å². The first kappa shape index (κ1) is 20.1. The van der Waals surface area contributed by atoms with Crippen LogP contribution in [0, 0.1) is 13.8 Å². The molecular weight excluding hydrogens is 372 g/mol. The van der Waals surface area contributed by atoms with Crippen LogP contribution in [0.1, 0.15) is 55.2 Å². The average molecular weight is 394 g/mol. The number of ketones is 1. The molecule has 2 aromatic heterocycles. The predicted molar refractivity (Wildman–Crippen MR) is 107 cm³/mol. The molecule has 0 aliphatic heterocycles. The van der Waals surface area contributed by atoms with Crippen molar-refractivity contribution >= 4 is 23.3 Å². The number of benzene rings is 1. The number of amides is 1. The zero-order chi connectivity index (χ0) is 21.1. The lowest BCUT2D eigenvalue weighted by molar-refractivity contribution is 0.0525. The van der Waals surface area contributed by atoms with E-state index in [0.29, 0.717) is 39.6 Å². The van der Waals surface area contributed by atoms with Gasteiger partial charge in [0.25, 0.3) is 5.91 Å². The molecule has 0 aliphatic carbocycles. The van der Waals surface area contributed by atoms with E-state index in [1.165, 1.54) is 0 Å². The van der Waals surface area contributed by atoms with Gasteiger partial charge in [-0.1, -0.05) is 0 Å². The highest BCUT2D eigenvalue weighted by Crippen LogP contribution is 2.21. The van der Waals surface area contributed by atoms with Gasteiger partial charge in [0.2, 0.25) is 5.78 Å². The van der Waals surface area contributed by atoms with Gasteiger partial charge < -0.3 is 19.6 Å². The Balaban J connectivity index is 1.76. The highest BCUT2D eigenvalue weighted by atomic mass is 16.5. The van der Waals surface area contributed by atoms with Gasteiger partial charge in [0.1, 0.15) is 5.69 Å². The number of aromatic amines is 1. The molecule has 1 amide bonds. The van der Waals surface area contributed by atoms with Crippen LogP contribution in [-0.4, -0.2) is 38.8 Å². The average Bonchev–Trinajstić information content (AvgIpc) is 3.24. The predicted octanol–water partition coefficient (Wildman–Crippen LogP) is 3.03. The lowest BCUT2D eigenvalue weighted by atomic mass is 10.1. The molecule has 3 aromatic rings. The normalized spacial score (nSPS) is 10.6. The molecule has 1 aromatic carbocycles. The monoisotopic (exact) mass is 394 g/mol. The van der Waals surface area contributed by atoms with Crippen molar-refractivity contribution in [1.29, 1.82) is 0 Å². The molecule has 0 spiro atoms. The molecule has 2 heterocycles. The third-order valence-corrected chi connectivity index (χ3v) is 4.57. The molecule has 0 aliphatic rings. The van der Waals surface area contributed by atoms with Crippen molar-refractivity contribution in [3.8, 4) is 0 Å². The number of esters is 1. The summed E-state index contributed by atoms with van der Waals surface area (Å²) in [5, 5.41) is 2.77. The molecule has 29 heavy (non-hydrogen) atoms. The van der Waals surface area contributed by atoms with Crippen molar-refractivity contribution in [2.75, 3.05) is 11.9 Å². The highest BCUT2D eigenvalue weighted by Gasteiger charge is 2.23. The molecule has 0 atom stereocenters. The van der Waals surface area contributed by atoms with Crippen molar-refractivity contribution < 1.29 is 19.1 Å². The number of imidazole rings is 1. The Bertz CT molecular complexity index is 1080. The maximum atomic E-state index is 12.7. The van der Waals surface area contributed by atoms with E-state index in [1.807, 2.05) is 0 Å². The summed E-state index contributed by atoms with van der Waals surface area (Å²) in [6.45, 7) is 5.40. The lowest BCUT2D eigenvalue weighted by Crippen LogP contribution is -2.14. The summed E-state index contributed by atoms with van der Waals surface area (Å²) in [6, 6.07) is 6.55. The first-order chi connectivity index (χ1) is 13.8. The molecule has 0 saturated heterocycles. The molecule has 0 fully saturated rings. The fraction of sp³-hybridized carbons (Fsp3) is 0.238. The maximum Gasteiger partial charge on any atom is 0.340 e. The molecule has 150 valence electrons. The van der Waals surface area contributed by atoms with Gasteiger partial charge in [0.05, 0.1) is 12.2 Å². The van der Waals surface area contributed by atoms with Crippen LogP contribution in [0.5, 0.6) is 0 Å². The number of H-pyrrole nitrogens is 1. The minimum absolute atomic E-state index is 0.203. The Morgan fingerprint density at radius 1 is 1.17 bits per heavy atom. The van der Waals surface area contributed by atoms with Crippen LogP contribution in [0.25, 0.3) is 0 Å². The molecule has 0 radical (unpaired) electrons. The second-order valence-corrected chi connectivity index (χ2v) is 6.57. The van der Waals surface area contributed by atoms with Crippen LogP contribution in [0.15, 0.2) is 36.7 Å². The van der Waals surface area contributed by atoms with Gasteiger partial charge in [0.15, 0.2) is 5.82 Å². The number of carbonyl (C=O) groups excluding carboxylic acids is 3. The third kappa shape index (κ3) is 3.96. The first-order valence-corrected chi connectivity index (χ1v) is 9.13. The summed E-state index contributed by atoms with van der Waals surface area (Å²) < 4.78 is 6.69. The molecule has 0 unspecified atom stereocenters. The fourth-order valence-electron chi connectivity index (χ4n) is 3.10. The van der Waals surface area contributed by atoms with Gasteiger partial charge in [-0.3, -0.25) is 9.59 Å². The zero-order valence-corrected chi connectivity index (χ0v) is 16.7. The van der Waals surface area contributed by atoms with Crippen LogP contribution < -0.4 is 5.32 Å². The Hall–Kier alpha value is -3.68. The van der Waals surface area contributed by atoms with Crippen molar-refractivity contribution in [2.24, 2.45) is 7.05 Å². The smallest absolute Gasteiger partial charge is 0.340 e. The lowest BCUT2D eigenvalue weighted by Gasteiger charge is -2.07. The van der Waals surface area contributed by atoms with Crippen LogP contribution in [0.3, 0.4) is 0 Å². The van der Waals surface area contributed by atoms with Crippen LogP contribution >= 0.6 is 0 Å². The van der Waals surface area contributed by atoms with Crippen molar-refractivity contribution in [3.05, 3.63) is 70.6 Å². The number of ether oxygens (including phenoxy) is 1. The van der Waals surface area contributed by atoms with Crippen LogP contribution in [-0.2, 0) is 11.8 Å². The molecule has 8 heteroatoms. The number of aromatic nitrogens is 3. The van der Waals surface area contributed by atoms with E-state index in [4.69, 9.17) is 4.74 Å². The van der Waals surface area contributed by atoms with Gasteiger partial charge in [0, 0.05) is 36.4 Å². The van der Waals surface area contributed by atoms with Gasteiger partial charge in [-0.2, -0.15) is 0 Å². The number of nitrogens with one attached hydrogen (secondary N) is 2. The van der Waals surface area contributed by atoms with E-state index in [9.17, 15) is 14.4 Å².